The molecule has 0 spiro atoms. The van der Waals surface area contributed by atoms with E-state index in [4.69, 9.17) is 10.00 Å². The van der Waals surface area contributed by atoms with Crippen molar-refractivity contribution in [2.24, 2.45) is 0 Å². The topological polar surface area (TPSA) is 62.1 Å². The van der Waals surface area contributed by atoms with Gasteiger partial charge in [-0.05, 0) is 32.9 Å². The van der Waals surface area contributed by atoms with Crippen LogP contribution >= 0.6 is 0 Å². The molecular formula is C15H18N2O2. The molecule has 1 N–H and O–H groups in total. The van der Waals surface area contributed by atoms with Gasteiger partial charge in [0.15, 0.2) is 0 Å². The molecule has 1 rings (SSSR count). The first-order valence-corrected chi connectivity index (χ1v) is 6.23. The van der Waals surface area contributed by atoms with Crippen molar-refractivity contribution < 1.29 is 9.53 Å². The molecule has 0 saturated carbocycles. The molecule has 4 heteroatoms. The van der Waals surface area contributed by atoms with Gasteiger partial charge in [-0.2, -0.15) is 5.26 Å². The van der Waals surface area contributed by atoms with Crippen molar-refractivity contribution in [2.75, 3.05) is 6.61 Å². The highest BCUT2D eigenvalue weighted by Gasteiger charge is 2.11. The van der Waals surface area contributed by atoms with Crippen molar-refractivity contribution in [1.29, 1.82) is 5.26 Å². The number of rotatable bonds is 5. The Morgan fingerprint density at radius 1 is 1.47 bits per heavy atom. The molecule has 0 heterocycles. The number of amides is 1. The number of nitriles is 1. The molecule has 0 fully saturated rings. The minimum atomic E-state index is -0.371. The fourth-order valence-corrected chi connectivity index (χ4v) is 1.53. The van der Waals surface area contributed by atoms with Gasteiger partial charge in [-0.25, -0.2) is 0 Å². The van der Waals surface area contributed by atoms with Crippen molar-refractivity contribution in [2.45, 2.75) is 26.8 Å². The normalized spacial score (nSPS) is 11.0. The van der Waals surface area contributed by atoms with Crippen molar-refractivity contribution in [3.63, 3.8) is 0 Å². The van der Waals surface area contributed by atoms with E-state index in [2.05, 4.69) is 5.32 Å². The summed E-state index contributed by atoms with van der Waals surface area (Å²) in [7, 11) is 0. The lowest BCUT2D eigenvalue weighted by Gasteiger charge is -2.09. The molecule has 100 valence electrons. The van der Waals surface area contributed by atoms with E-state index in [0.717, 1.165) is 5.56 Å². The van der Waals surface area contributed by atoms with E-state index in [1.54, 1.807) is 6.08 Å². The molecule has 0 unspecified atom stereocenters. The number of nitrogens with one attached hydrogen (secondary N) is 1. The predicted molar refractivity (Wildman–Crippen MR) is 74.5 cm³/mol. The number of carbonyl (C=O) groups is 1. The number of carbonyl (C=O) groups excluding carboxylic acids is 1. The zero-order chi connectivity index (χ0) is 14.3. The lowest BCUT2D eigenvalue weighted by Crippen LogP contribution is -2.30. The van der Waals surface area contributed by atoms with E-state index in [1.165, 1.54) is 0 Å². The second-order valence-electron chi connectivity index (χ2n) is 4.27. The van der Waals surface area contributed by atoms with E-state index in [9.17, 15) is 4.79 Å². The average molecular weight is 258 g/mol. The van der Waals surface area contributed by atoms with Crippen molar-refractivity contribution >= 4 is 12.0 Å². The fraction of sp³-hybridized carbons (Fsp3) is 0.333. The second-order valence-corrected chi connectivity index (χ2v) is 4.27. The maximum absolute atomic E-state index is 11.8. The Labute approximate surface area is 113 Å². The van der Waals surface area contributed by atoms with Crippen molar-refractivity contribution in [1.82, 2.24) is 5.32 Å². The van der Waals surface area contributed by atoms with E-state index in [1.807, 2.05) is 51.1 Å². The van der Waals surface area contributed by atoms with Gasteiger partial charge in [-0.3, -0.25) is 4.79 Å². The summed E-state index contributed by atoms with van der Waals surface area (Å²) >= 11 is 0. The van der Waals surface area contributed by atoms with Gasteiger partial charge < -0.3 is 10.1 Å². The zero-order valence-corrected chi connectivity index (χ0v) is 11.4. The van der Waals surface area contributed by atoms with Crippen LogP contribution in [-0.4, -0.2) is 18.6 Å². The molecule has 0 aliphatic rings. The first-order chi connectivity index (χ1) is 9.08. The third kappa shape index (κ3) is 4.47. The number of hydrogen-bond donors (Lipinski definition) is 1. The number of para-hydroxylation sites is 1. The van der Waals surface area contributed by atoms with E-state index >= 15 is 0 Å². The molecule has 0 aliphatic carbocycles. The van der Waals surface area contributed by atoms with Gasteiger partial charge in [0.1, 0.15) is 17.4 Å². The molecule has 1 aromatic carbocycles. The first kappa shape index (κ1) is 14.8. The standard InChI is InChI=1S/C15H18N2O2/c1-4-19-14-8-6-5-7-12(14)9-13(10-16)15(18)17-11(2)3/h5-9,11H,4H2,1-3H3,(H,17,18)/b13-9+. The lowest BCUT2D eigenvalue weighted by atomic mass is 10.1. The zero-order valence-electron chi connectivity index (χ0n) is 11.4. The summed E-state index contributed by atoms with van der Waals surface area (Å²) in [5.74, 6) is 0.291. The smallest absolute Gasteiger partial charge is 0.262 e. The van der Waals surface area contributed by atoms with Crippen LogP contribution in [0.15, 0.2) is 29.8 Å². The maximum Gasteiger partial charge on any atom is 0.262 e. The van der Waals surface area contributed by atoms with Crippen LogP contribution in [-0.2, 0) is 4.79 Å². The molecule has 0 saturated heterocycles. The minimum absolute atomic E-state index is 0.00798. The molecule has 0 radical (unpaired) electrons. The average Bonchev–Trinajstić information content (AvgIpc) is 2.37. The quantitative estimate of drug-likeness (QED) is 0.652. The summed E-state index contributed by atoms with van der Waals surface area (Å²) in [5.41, 5.74) is 0.792. The molecule has 0 aliphatic heterocycles. The monoisotopic (exact) mass is 258 g/mol. The molecule has 0 aromatic heterocycles. The minimum Gasteiger partial charge on any atom is -0.493 e. The Hall–Kier alpha value is -2.28. The van der Waals surface area contributed by atoms with Crippen molar-refractivity contribution in [3.05, 3.63) is 35.4 Å². The predicted octanol–water partition coefficient (Wildman–Crippen LogP) is 2.52. The van der Waals surface area contributed by atoms with E-state index in [-0.39, 0.29) is 17.5 Å². The number of benzene rings is 1. The summed E-state index contributed by atoms with van der Waals surface area (Å²) in [4.78, 5) is 11.8. The number of ether oxygens (including phenoxy) is 1. The van der Waals surface area contributed by atoms with Gasteiger partial charge in [-0.1, -0.05) is 18.2 Å². The summed E-state index contributed by atoms with van der Waals surface area (Å²) in [6, 6.07) is 9.22. The van der Waals surface area contributed by atoms with Gasteiger partial charge in [0.05, 0.1) is 6.61 Å². The van der Waals surface area contributed by atoms with Gasteiger partial charge >= 0.3 is 0 Å². The van der Waals surface area contributed by atoms with Crippen LogP contribution in [0, 0.1) is 11.3 Å². The SMILES string of the molecule is CCOc1ccccc1/C=C(\C#N)C(=O)NC(C)C. The molecule has 19 heavy (non-hydrogen) atoms. The Morgan fingerprint density at radius 3 is 2.74 bits per heavy atom. The molecule has 0 bridgehead atoms. The summed E-state index contributed by atoms with van der Waals surface area (Å²) in [5, 5.41) is 11.8. The van der Waals surface area contributed by atoms with Gasteiger partial charge in [0.2, 0.25) is 0 Å². The van der Waals surface area contributed by atoms with E-state index < -0.39 is 0 Å². The fourth-order valence-electron chi connectivity index (χ4n) is 1.53. The second kappa shape index (κ2) is 7.22. The molecule has 1 amide bonds. The third-order valence-corrected chi connectivity index (χ3v) is 2.30. The highest BCUT2D eigenvalue weighted by molar-refractivity contribution is 6.02. The van der Waals surface area contributed by atoms with Crippen LogP contribution in [0.25, 0.3) is 6.08 Å². The summed E-state index contributed by atoms with van der Waals surface area (Å²) < 4.78 is 5.46. The molecule has 0 atom stereocenters. The van der Waals surface area contributed by atoms with Crippen LogP contribution in [0.5, 0.6) is 5.75 Å². The highest BCUT2D eigenvalue weighted by atomic mass is 16.5. The first-order valence-electron chi connectivity index (χ1n) is 6.23. The summed E-state index contributed by atoms with van der Waals surface area (Å²) in [6.45, 7) is 6.12. The molecule has 4 nitrogen and oxygen atoms in total. The Bertz CT molecular complexity index is 513. The van der Waals surface area contributed by atoms with Crippen LogP contribution in [0.2, 0.25) is 0 Å². The number of hydrogen-bond acceptors (Lipinski definition) is 3. The molecular weight excluding hydrogens is 240 g/mol. The van der Waals surface area contributed by atoms with Crippen molar-refractivity contribution in [3.8, 4) is 11.8 Å². The Kier molecular flexibility index (Phi) is 5.62. The van der Waals surface area contributed by atoms with Crippen LogP contribution in [0.1, 0.15) is 26.3 Å². The maximum atomic E-state index is 11.8. The highest BCUT2D eigenvalue weighted by Crippen LogP contribution is 2.20. The van der Waals surface area contributed by atoms with E-state index in [0.29, 0.717) is 12.4 Å². The van der Waals surface area contributed by atoms with Crippen LogP contribution in [0.3, 0.4) is 0 Å². The summed E-state index contributed by atoms with van der Waals surface area (Å²) in [6.07, 6.45) is 1.54. The van der Waals surface area contributed by atoms with Gasteiger partial charge in [-0.15, -0.1) is 0 Å². The van der Waals surface area contributed by atoms with Crippen LogP contribution in [0.4, 0.5) is 0 Å². The molecule has 1 aromatic rings. The Morgan fingerprint density at radius 2 is 2.16 bits per heavy atom. The lowest BCUT2D eigenvalue weighted by molar-refractivity contribution is -0.117. The van der Waals surface area contributed by atoms with Crippen LogP contribution < -0.4 is 10.1 Å². The number of nitrogens with zero attached hydrogens (tertiary/aromatic N) is 1. The third-order valence-electron chi connectivity index (χ3n) is 2.30. The largest absolute Gasteiger partial charge is 0.493 e. The van der Waals surface area contributed by atoms with Gasteiger partial charge in [0.25, 0.3) is 5.91 Å². The van der Waals surface area contributed by atoms with Gasteiger partial charge in [0, 0.05) is 11.6 Å². The Balaban J connectivity index is 3.05.